The molecule has 0 aliphatic rings. The van der Waals surface area contributed by atoms with E-state index in [0.29, 0.717) is 0 Å². The molecule has 0 radical (unpaired) electrons. The second-order valence-electron chi connectivity index (χ2n) is 3.23. The third kappa shape index (κ3) is 3.34. The van der Waals surface area contributed by atoms with Crippen molar-refractivity contribution in [1.29, 1.82) is 0 Å². The van der Waals surface area contributed by atoms with E-state index in [9.17, 15) is 8.42 Å². The average molecular weight is 240 g/mol. The minimum absolute atomic E-state index is 0.221. The standard InChI is InChI=1S/C11H16N2O2S/c1-3-13(4-2)10-12-16(14,15)11-8-6-5-7-9-11/h5-10H,3-4H2,1-2H3/b12-10+. The molecular formula is C11H16N2O2S. The molecule has 0 bridgehead atoms. The minimum atomic E-state index is -3.55. The Morgan fingerprint density at radius 3 is 2.25 bits per heavy atom. The van der Waals surface area contributed by atoms with Gasteiger partial charge in [0.05, 0.1) is 4.90 Å². The van der Waals surface area contributed by atoms with E-state index >= 15 is 0 Å². The second-order valence-corrected chi connectivity index (χ2v) is 4.86. The van der Waals surface area contributed by atoms with Crippen LogP contribution in [0.2, 0.25) is 0 Å². The summed E-state index contributed by atoms with van der Waals surface area (Å²) < 4.78 is 27.1. The molecule has 0 N–H and O–H groups in total. The summed E-state index contributed by atoms with van der Waals surface area (Å²) in [4.78, 5) is 2.04. The molecule has 4 nitrogen and oxygen atoms in total. The van der Waals surface area contributed by atoms with Crippen LogP contribution >= 0.6 is 0 Å². The molecule has 5 heteroatoms. The van der Waals surface area contributed by atoms with Gasteiger partial charge in [-0.2, -0.15) is 8.42 Å². The second kappa shape index (κ2) is 5.65. The maximum absolute atomic E-state index is 11.7. The third-order valence-electron chi connectivity index (χ3n) is 2.20. The molecule has 0 fully saturated rings. The summed E-state index contributed by atoms with van der Waals surface area (Å²) in [5.74, 6) is 0. The Bertz CT molecular complexity index is 436. The molecule has 88 valence electrons. The predicted octanol–water partition coefficient (Wildman–Crippen LogP) is 1.75. The Balaban J connectivity index is 2.89. The molecule has 0 spiro atoms. The van der Waals surface area contributed by atoms with Crippen molar-refractivity contribution in [2.24, 2.45) is 4.40 Å². The van der Waals surface area contributed by atoms with Gasteiger partial charge in [-0.1, -0.05) is 18.2 Å². The van der Waals surface area contributed by atoms with Crippen LogP contribution in [0.25, 0.3) is 0 Å². The molecule has 16 heavy (non-hydrogen) atoms. The van der Waals surface area contributed by atoms with E-state index in [-0.39, 0.29) is 4.90 Å². The number of rotatable bonds is 5. The van der Waals surface area contributed by atoms with Gasteiger partial charge in [-0.3, -0.25) is 0 Å². The number of benzene rings is 1. The van der Waals surface area contributed by atoms with Crippen molar-refractivity contribution in [1.82, 2.24) is 4.90 Å². The largest absolute Gasteiger partial charge is 0.362 e. The molecule has 0 aromatic heterocycles. The Hall–Kier alpha value is -1.36. The molecule has 0 saturated carbocycles. The van der Waals surface area contributed by atoms with Gasteiger partial charge in [0, 0.05) is 13.1 Å². The van der Waals surface area contributed by atoms with Gasteiger partial charge in [-0.15, -0.1) is 4.40 Å². The van der Waals surface area contributed by atoms with E-state index in [2.05, 4.69) is 4.40 Å². The number of hydrogen-bond donors (Lipinski definition) is 0. The molecular weight excluding hydrogens is 224 g/mol. The molecule has 0 aliphatic heterocycles. The van der Waals surface area contributed by atoms with E-state index in [4.69, 9.17) is 0 Å². The van der Waals surface area contributed by atoms with E-state index < -0.39 is 10.0 Å². The minimum Gasteiger partial charge on any atom is -0.362 e. The van der Waals surface area contributed by atoms with Crippen LogP contribution in [0.4, 0.5) is 0 Å². The molecule has 1 aromatic rings. The van der Waals surface area contributed by atoms with Gasteiger partial charge < -0.3 is 4.90 Å². The topological polar surface area (TPSA) is 49.7 Å². The van der Waals surface area contributed by atoms with Crippen LogP contribution in [-0.2, 0) is 10.0 Å². The summed E-state index contributed by atoms with van der Waals surface area (Å²) in [5.41, 5.74) is 0. The van der Waals surface area contributed by atoms with Gasteiger partial charge >= 0.3 is 0 Å². The highest BCUT2D eigenvalue weighted by Crippen LogP contribution is 2.10. The Morgan fingerprint density at radius 2 is 1.75 bits per heavy atom. The van der Waals surface area contributed by atoms with E-state index in [0.717, 1.165) is 13.1 Å². The van der Waals surface area contributed by atoms with E-state index in [1.807, 2.05) is 18.7 Å². The van der Waals surface area contributed by atoms with Crippen LogP contribution in [-0.4, -0.2) is 32.7 Å². The highest BCUT2D eigenvalue weighted by atomic mass is 32.2. The average Bonchev–Trinajstić information content (AvgIpc) is 2.31. The normalized spacial score (nSPS) is 11.9. The molecule has 1 aromatic carbocycles. The lowest BCUT2D eigenvalue weighted by atomic mass is 10.4. The maximum atomic E-state index is 11.7. The SMILES string of the molecule is CCN(/C=N/S(=O)(=O)c1ccccc1)CC. The first-order chi connectivity index (χ1) is 7.60. The van der Waals surface area contributed by atoms with Crippen LogP contribution in [0, 0.1) is 0 Å². The maximum Gasteiger partial charge on any atom is 0.283 e. The highest BCUT2D eigenvalue weighted by molar-refractivity contribution is 7.90. The zero-order chi connectivity index (χ0) is 12.0. The van der Waals surface area contributed by atoms with Crippen molar-refractivity contribution in [2.45, 2.75) is 18.7 Å². The molecule has 0 unspecified atom stereocenters. The fourth-order valence-corrected chi connectivity index (χ4v) is 2.05. The molecule has 0 heterocycles. The summed E-state index contributed by atoms with van der Waals surface area (Å²) in [5, 5.41) is 0. The number of hydrogen-bond acceptors (Lipinski definition) is 2. The highest BCUT2D eigenvalue weighted by Gasteiger charge is 2.10. The molecule has 1 rings (SSSR count). The lowest BCUT2D eigenvalue weighted by Gasteiger charge is -2.13. The lowest BCUT2D eigenvalue weighted by molar-refractivity contribution is 0.480. The first-order valence-corrected chi connectivity index (χ1v) is 6.63. The van der Waals surface area contributed by atoms with Gasteiger partial charge in [0.15, 0.2) is 0 Å². The first-order valence-electron chi connectivity index (χ1n) is 5.19. The Kier molecular flexibility index (Phi) is 4.49. The smallest absolute Gasteiger partial charge is 0.283 e. The van der Waals surface area contributed by atoms with Crippen LogP contribution in [0.5, 0.6) is 0 Å². The van der Waals surface area contributed by atoms with Crippen molar-refractivity contribution in [3.05, 3.63) is 30.3 Å². The fourth-order valence-electron chi connectivity index (χ4n) is 1.17. The van der Waals surface area contributed by atoms with Crippen LogP contribution in [0.3, 0.4) is 0 Å². The summed E-state index contributed by atoms with van der Waals surface area (Å²) in [7, 11) is -3.55. The van der Waals surface area contributed by atoms with E-state index in [1.54, 1.807) is 18.2 Å². The van der Waals surface area contributed by atoms with Crippen molar-refractivity contribution in [3.63, 3.8) is 0 Å². The molecule has 0 amide bonds. The number of nitrogens with zero attached hydrogens (tertiary/aromatic N) is 2. The predicted molar refractivity (Wildman–Crippen MR) is 65.0 cm³/mol. The quantitative estimate of drug-likeness (QED) is 0.582. The Labute approximate surface area is 96.7 Å². The van der Waals surface area contributed by atoms with Gasteiger partial charge in [0.2, 0.25) is 0 Å². The molecule has 0 saturated heterocycles. The molecule has 0 aliphatic carbocycles. The van der Waals surface area contributed by atoms with Crippen molar-refractivity contribution in [2.75, 3.05) is 13.1 Å². The van der Waals surface area contributed by atoms with Crippen molar-refractivity contribution in [3.8, 4) is 0 Å². The third-order valence-corrected chi connectivity index (χ3v) is 3.44. The van der Waals surface area contributed by atoms with Crippen LogP contribution in [0.1, 0.15) is 13.8 Å². The van der Waals surface area contributed by atoms with Gasteiger partial charge in [0.25, 0.3) is 10.0 Å². The summed E-state index contributed by atoms with van der Waals surface area (Å²) in [6.45, 7) is 5.38. The molecule has 0 atom stereocenters. The summed E-state index contributed by atoms with van der Waals surface area (Å²) in [6, 6.07) is 8.20. The van der Waals surface area contributed by atoms with Crippen LogP contribution < -0.4 is 0 Å². The summed E-state index contributed by atoms with van der Waals surface area (Å²) >= 11 is 0. The number of sulfonamides is 1. The van der Waals surface area contributed by atoms with Gasteiger partial charge in [0.1, 0.15) is 6.34 Å². The zero-order valence-electron chi connectivity index (χ0n) is 9.50. The Morgan fingerprint density at radius 1 is 1.19 bits per heavy atom. The van der Waals surface area contributed by atoms with Crippen LogP contribution in [0.15, 0.2) is 39.6 Å². The fraction of sp³-hybridized carbons (Fsp3) is 0.364. The van der Waals surface area contributed by atoms with Gasteiger partial charge in [-0.25, -0.2) is 0 Å². The monoisotopic (exact) mass is 240 g/mol. The van der Waals surface area contributed by atoms with Crippen molar-refractivity contribution < 1.29 is 8.42 Å². The van der Waals surface area contributed by atoms with E-state index in [1.165, 1.54) is 18.5 Å². The van der Waals surface area contributed by atoms with Crippen molar-refractivity contribution >= 4 is 16.4 Å². The summed E-state index contributed by atoms with van der Waals surface area (Å²) in [6.07, 6.45) is 1.38. The lowest BCUT2D eigenvalue weighted by Crippen LogP contribution is -2.21. The first kappa shape index (κ1) is 12.7. The zero-order valence-corrected chi connectivity index (χ0v) is 10.3. The van der Waals surface area contributed by atoms with Gasteiger partial charge in [-0.05, 0) is 26.0 Å².